The highest BCUT2D eigenvalue weighted by Crippen LogP contribution is 2.49. The molecule has 0 radical (unpaired) electrons. The molecule has 1 heterocycles. The van der Waals surface area contributed by atoms with Gasteiger partial charge >= 0.3 is 0 Å². The predicted octanol–water partition coefficient (Wildman–Crippen LogP) is 3.61. The van der Waals surface area contributed by atoms with E-state index in [1.54, 1.807) is 0 Å². The number of carbonyl (C=O) groups is 1. The molecule has 1 aromatic rings. The molecule has 4 nitrogen and oxygen atoms in total. The van der Waals surface area contributed by atoms with Gasteiger partial charge in [0, 0.05) is 13.0 Å². The summed E-state index contributed by atoms with van der Waals surface area (Å²) < 4.78 is 0. The molecule has 1 amide bonds. The van der Waals surface area contributed by atoms with Gasteiger partial charge in [-0.15, -0.1) is 11.6 Å². The van der Waals surface area contributed by atoms with Crippen LogP contribution in [0.4, 0.5) is 0 Å². The van der Waals surface area contributed by atoms with Crippen LogP contribution in [-0.4, -0.2) is 35.6 Å². The van der Waals surface area contributed by atoms with Gasteiger partial charge in [0.2, 0.25) is 6.41 Å². The zero-order chi connectivity index (χ0) is 17.7. The third-order valence-electron chi connectivity index (χ3n) is 4.02. The van der Waals surface area contributed by atoms with Crippen molar-refractivity contribution in [2.24, 2.45) is 16.3 Å². The van der Waals surface area contributed by atoms with E-state index >= 15 is 0 Å². The van der Waals surface area contributed by atoms with Crippen molar-refractivity contribution in [3.8, 4) is 0 Å². The highest BCUT2D eigenvalue weighted by molar-refractivity contribution is 6.37. The maximum absolute atomic E-state index is 8.58. The van der Waals surface area contributed by atoms with Crippen LogP contribution in [0, 0.1) is 5.41 Å². The molecule has 1 aliphatic heterocycles. The number of halogens is 1. The molecular weight excluding hydrogens is 310 g/mol. The number of nitrogens with two attached hydrogens (primary N) is 1. The zero-order valence-electron chi connectivity index (χ0n) is 14.7. The summed E-state index contributed by atoms with van der Waals surface area (Å²) in [6.07, 6.45) is 1.15. The predicted molar refractivity (Wildman–Crippen MR) is 97.8 cm³/mol. The van der Waals surface area contributed by atoms with Crippen molar-refractivity contribution < 1.29 is 4.79 Å². The quantitative estimate of drug-likeness (QED) is 0.676. The van der Waals surface area contributed by atoms with Crippen LogP contribution in [0.1, 0.15) is 45.6 Å². The van der Waals surface area contributed by atoms with Crippen LogP contribution in [0.25, 0.3) is 0 Å². The van der Waals surface area contributed by atoms with Crippen LogP contribution >= 0.6 is 11.6 Å². The van der Waals surface area contributed by atoms with Crippen LogP contribution in [0.15, 0.2) is 35.4 Å². The number of nitrogens with zero attached hydrogens (tertiary/aromatic N) is 2. The zero-order valence-corrected chi connectivity index (χ0v) is 15.5. The van der Waals surface area contributed by atoms with Crippen molar-refractivity contribution in [3.63, 3.8) is 0 Å². The van der Waals surface area contributed by atoms with E-state index < -0.39 is 4.87 Å². The average Bonchev–Trinajstić information content (AvgIpc) is 2.74. The van der Waals surface area contributed by atoms with E-state index in [-0.39, 0.29) is 17.7 Å². The third kappa shape index (κ3) is 4.47. The van der Waals surface area contributed by atoms with Gasteiger partial charge in [-0.25, -0.2) is 0 Å². The van der Waals surface area contributed by atoms with E-state index in [1.807, 2.05) is 12.1 Å². The molecule has 1 aromatic carbocycles. The lowest BCUT2D eigenvalue weighted by molar-refractivity contribution is -0.106. The minimum absolute atomic E-state index is 0.0736. The summed E-state index contributed by atoms with van der Waals surface area (Å²) in [6, 6.07) is 10.6. The van der Waals surface area contributed by atoms with Crippen molar-refractivity contribution in [2.45, 2.75) is 44.9 Å². The molecule has 2 N–H and O–H groups in total. The first-order valence-corrected chi connectivity index (χ1v) is 8.26. The van der Waals surface area contributed by atoms with E-state index in [1.165, 1.54) is 5.56 Å². The number of hydrazone groups is 1. The van der Waals surface area contributed by atoms with Crippen molar-refractivity contribution in [1.29, 1.82) is 0 Å². The fraction of sp³-hybridized carbons (Fsp3) is 0.556. The molecule has 2 rings (SSSR count). The molecule has 0 saturated heterocycles. The lowest BCUT2D eigenvalue weighted by atomic mass is 9.67. The number of hydrogen-bond donors (Lipinski definition) is 1. The van der Waals surface area contributed by atoms with Crippen molar-refractivity contribution >= 4 is 23.7 Å². The van der Waals surface area contributed by atoms with Gasteiger partial charge in [-0.2, -0.15) is 5.10 Å². The molecule has 0 saturated carbocycles. The van der Waals surface area contributed by atoms with Crippen LogP contribution in [0.2, 0.25) is 0 Å². The monoisotopic (exact) mass is 337 g/mol. The number of alkyl halides is 1. The molecule has 23 heavy (non-hydrogen) atoms. The van der Waals surface area contributed by atoms with Crippen LogP contribution < -0.4 is 5.73 Å². The Bertz CT molecular complexity index is 539. The second kappa shape index (κ2) is 7.82. The Labute approximate surface area is 144 Å². The number of rotatable bonds is 3. The van der Waals surface area contributed by atoms with Gasteiger partial charge in [0.1, 0.15) is 4.87 Å². The molecule has 2 atom stereocenters. The summed E-state index contributed by atoms with van der Waals surface area (Å²) in [6.45, 7) is 9.70. The smallest absolute Gasteiger partial charge is 0.204 e. The van der Waals surface area contributed by atoms with Crippen LogP contribution in [0.3, 0.4) is 0 Å². The van der Waals surface area contributed by atoms with E-state index in [0.717, 1.165) is 18.7 Å². The van der Waals surface area contributed by atoms with Crippen LogP contribution in [-0.2, 0) is 4.79 Å². The summed E-state index contributed by atoms with van der Waals surface area (Å²) in [4.78, 5) is 8.17. The molecule has 0 aliphatic carbocycles. The Hall–Kier alpha value is -1.55. The first-order chi connectivity index (χ1) is 10.7. The molecular formula is C18H28ClN3O. The van der Waals surface area contributed by atoms with Gasteiger partial charge in [-0.3, -0.25) is 9.80 Å². The van der Waals surface area contributed by atoms with E-state index in [2.05, 4.69) is 68.9 Å². The topological polar surface area (TPSA) is 58.7 Å². The van der Waals surface area contributed by atoms with Crippen LogP contribution in [0.5, 0.6) is 0 Å². The summed E-state index contributed by atoms with van der Waals surface area (Å²) >= 11 is 7.14. The van der Waals surface area contributed by atoms with Gasteiger partial charge < -0.3 is 5.73 Å². The SMILES string of the molecule is CCC1=NN(C)CC1(Cl)C(c1ccccc1)C(C)(C)C.NC=O. The highest BCUT2D eigenvalue weighted by atomic mass is 35.5. The summed E-state index contributed by atoms with van der Waals surface area (Å²) in [5.74, 6) is 0.238. The lowest BCUT2D eigenvalue weighted by Crippen LogP contribution is -2.46. The van der Waals surface area contributed by atoms with Gasteiger partial charge in [-0.1, -0.05) is 58.0 Å². The standard InChI is InChI=1S/C17H25ClN2.CH3NO/c1-6-14-17(18,12-20(5)19-14)15(16(2,3)4)13-10-8-7-9-11-13;2-1-3/h7-11,15H,6,12H2,1-5H3;1H,(H2,2,3). The third-order valence-corrected chi connectivity index (χ3v) is 4.58. The molecule has 0 fully saturated rings. The average molecular weight is 338 g/mol. The number of carbonyl (C=O) groups excluding carboxylic acids is 1. The van der Waals surface area contributed by atoms with Gasteiger partial charge in [0.15, 0.2) is 0 Å². The Morgan fingerprint density at radius 1 is 1.39 bits per heavy atom. The molecule has 1 aliphatic rings. The van der Waals surface area contributed by atoms with Gasteiger partial charge in [0.25, 0.3) is 0 Å². The Morgan fingerprint density at radius 2 is 1.91 bits per heavy atom. The van der Waals surface area contributed by atoms with E-state index in [4.69, 9.17) is 16.4 Å². The number of benzene rings is 1. The summed E-state index contributed by atoms with van der Waals surface area (Å²) in [7, 11) is 2.00. The first kappa shape index (κ1) is 19.5. The summed E-state index contributed by atoms with van der Waals surface area (Å²) in [5, 5.41) is 6.62. The van der Waals surface area contributed by atoms with Crippen molar-refractivity contribution in [2.75, 3.05) is 13.6 Å². The van der Waals surface area contributed by atoms with E-state index in [0.29, 0.717) is 0 Å². The van der Waals surface area contributed by atoms with Gasteiger partial charge in [-0.05, 0) is 17.4 Å². The number of amides is 1. The Kier molecular flexibility index (Phi) is 6.63. The lowest BCUT2D eigenvalue weighted by Gasteiger charge is -2.41. The summed E-state index contributed by atoms with van der Waals surface area (Å²) in [5.41, 5.74) is 6.64. The van der Waals surface area contributed by atoms with Crippen molar-refractivity contribution in [3.05, 3.63) is 35.9 Å². The fourth-order valence-corrected chi connectivity index (χ4v) is 4.27. The molecule has 128 valence electrons. The highest BCUT2D eigenvalue weighted by Gasteiger charge is 2.50. The molecule has 0 spiro atoms. The first-order valence-electron chi connectivity index (χ1n) is 7.89. The fourth-order valence-electron chi connectivity index (χ4n) is 3.47. The molecule has 2 unspecified atom stereocenters. The maximum atomic E-state index is 8.58. The Morgan fingerprint density at radius 3 is 2.35 bits per heavy atom. The normalized spacial score (nSPS) is 22.0. The van der Waals surface area contributed by atoms with Gasteiger partial charge in [0.05, 0.1) is 12.3 Å². The molecule has 0 aromatic heterocycles. The minimum Gasteiger partial charge on any atom is -0.372 e. The second-order valence-corrected chi connectivity index (χ2v) is 7.60. The maximum Gasteiger partial charge on any atom is 0.204 e. The largest absolute Gasteiger partial charge is 0.372 e. The molecule has 5 heteroatoms. The van der Waals surface area contributed by atoms with Crippen molar-refractivity contribution in [1.82, 2.24) is 5.01 Å². The molecule has 0 bridgehead atoms. The van der Waals surface area contributed by atoms with E-state index in [9.17, 15) is 0 Å². The Balaban J connectivity index is 0.000000816. The number of hydrogen-bond acceptors (Lipinski definition) is 3. The minimum atomic E-state index is -0.414. The number of primary amides is 1. The second-order valence-electron chi connectivity index (χ2n) is 6.92.